The zero-order chi connectivity index (χ0) is 27.7. The van der Waals surface area contributed by atoms with E-state index in [1.54, 1.807) is 47.7 Å². The molecule has 4 N–H and O–H groups in total. The highest BCUT2D eigenvalue weighted by Crippen LogP contribution is 2.35. The van der Waals surface area contributed by atoms with Gasteiger partial charge in [0.05, 0.1) is 17.6 Å². The molecule has 204 valence electrons. The molecule has 40 heavy (non-hydrogen) atoms. The van der Waals surface area contributed by atoms with E-state index in [2.05, 4.69) is 30.0 Å². The predicted octanol–water partition coefficient (Wildman–Crippen LogP) is 3.52. The summed E-state index contributed by atoms with van der Waals surface area (Å²) in [6, 6.07) is 7.31. The number of aromatic amines is 1. The van der Waals surface area contributed by atoms with Crippen LogP contribution < -0.4 is 5.73 Å². The SMILES string of the molecule is CCC(O)(c1ccncc1)c1cc(-c2c[nH]c3ncc(-c4cnn(CC(=O)N5CCCCC5)c4)cc23)nc(N)n1. The van der Waals surface area contributed by atoms with Crippen LogP contribution in [0.2, 0.25) is 0 Å². The Morgan fingerprint density at radius 3 is 2.67 bits per heavy atom. The molecule has 1 aliphatic rings. The summed E-state index contributed by atoms with van der Waals surface area (Å²) < 4.78 is 1.68. The third-order valence-corrected chi connectivity index (χ3v) is 7.62. The molecule has 6 rings (SSSR count). The van der Waals surface area contributed by atoms with Crippen molar-refractivity contribution in [2.24, 2.45) is 0 Å². The van der Waals surface area contributed by atoms with E-state index in [4.69, 9.17) is 5.73 Å². The number of piperidine rings is 1. The lowest BCUT2D eigenvalue weighted by molar-refractivity contribution is -0.132. The molecular formula is C29H31N9O2. The van der Waals surface area contributed by atoms with E-state index in [9.17, 15) is 9.90 Å². The zero-order valence-electron chi connectivity index (χ0n) is 22.3. The molecule has 1 amide bonds. The number of nitrogen functional groups attached to an aromatic ring is 1. The number of anilines is 1. The molecule has 11 heteroatoms. The number of hydrogen-bond donors (Lipinski definition) is 3. The molecule has 1 fully saturated rings. The second kappa shape index (κ2) is 10.5. The van der Waals surface area contributed by atoms with Gasteiger partial charge < -0.3 is 20.7 Å². The van der Waals surface area contributed by atoms with Gasteiger partial charge in [0.25, 0.3) is 0 Å². The second-order valence-corrected chi connectivity index (χ2v) is 10.1. The standard InChI is InChI=1S/C29H31N9O2/c1-2-29(40,21-6-8-31-9-7-21)25-13-24(35-28(30)36-25)23-16-33-27-22(23)12-19(14-32-27)20-15-34-38(17-20)18-26(39)37-10-4-3-5-11-37/h6-9,12-17,40H,2-5,10-11,18H2,1H3,(H,32,33)(H2,30,35,36). The molecule has 0 spiro atoms. The number of fused-ring (bicyclic) bond motifs is 1. The number of nitrogens with one attached hydrogen (secondary N) is 1. The summed E-state index contributed by atoms with van der Waals surface area (Å²) in [7, 11) is 0. The number of carbonyl (C=O) groups excluding carboxylic acids is 1. The topological polar surface area (TPSA) is 152 Å². The van der Waals surface area contributed by atoms with Crippen molar-refractivity contribution in [3.8, 4) is 22.4 Å². The van der Waals surface area contributed by atoms with E-state index in [0.29, 0.717) is 29.0 Å². The number of hydrogen-bond acceptors (Lipinski definition) is 8. The molecule has 1 aliphatic heterocycles. The summed E-state index contributed by atoms with van der Waals surface area (Å²) in [6.07, 6.45) is 14.2. The molecule has 0 aliphatic carbocycles. The molecule has 1 atom stereocenters. The van der Waals surface area contributed by atoms with Gasteiger partial charge in [-0.15, -0.1) is 0 Å². The van der Waals surface area contributed by atoms with Gasteiger partial charge in [-0.1, -0.05) is 6.92 Å². The molecule has 0 radical (unpaired) electrons. The maximum absolute atomic E-state index is 12.7. The van der Waals surface area contributed by atoms with Crippen molar-refractivity contribution in [3.05, 3.63) is 72.7 Å². The lowest BCUT2D eigenvalue weighted by Gasteiger charge is -2.27. The average Bonchev–Trinajstić information content (AvgIpc) is 3.64. The monoisotopic (exact) mass is 537 g/mol. The summed E-state index contributed by atoms with van der Waals surface area (Å²) >= 11 is 0. The van der Waals surface area contributed by atoms with Crippen molar-refractivity contribution in [2.75, 3.05) is 18.8 Å². The van der Waals surface area contributed by atoms with Gasteiger partial charge in [-0.3, -0.25) is 14.5 Å². The first-order chi connectivity index (χ1) is 19.4. The Balaban J connectivity index is 1.32. The largest absolute Gasteiger partial charge is 0.379 e. The predicted molar refractivity (Wildman–Crippen MR) is 151 cm³/mol. The van der Waals surface area contributed by atoms with Crippen LogP contribution in [0.4, 0.5) is 5.95 Å². The van der Waals surface area contributed by atoms with Crippen LogP contribution in [-0.2, 0) is 16.9 Å². The maximum atomic E-state index is 12.7. The van der Waals surface area contributed by atoms with Crippen LogP contribution in [0.25, 0.3) is 33.4 Å². The Morgan fingerprint density at radius 1 is 1.10 bits per heavy atom. The number of H-pyrrole nitrogens is 1. The van der Waals surface area contributed by atoms with Gasteiger partial charge >= 0.3 is 0 Å². The van der Waals surface area contributed by atoms with Gasteiger partial charge in [-0.2, -0.15) is 5.10 Å². The Labute approximate surface area is 231 Å². The fourth-order valence-electron chi connectivity index (χ4n) is 5.33. The van der Waals surface area contributed by atoms with Gasteiger partial charge in [0.2, 0.25) is 11.9 Å². The first-order valence-electron chi connectivity index (χ1n) is 13.5. The van der Waals surface area contributed by atoms with E-state index >= 15 is 0 Å². The lowest BCUT2D eigenvalue weighted by atomic mass is 9.87. The van der Waals surface area contributed by atoms with Crippen LogP contribution in [-0.4, -0.2) is 63.7 Å². The van der Waals surface area contributed by atoms with Crippen LogP contribution in [0.3, 0.4) is 0 Å². The number of nitrogens with zero attached hydrogens (tertiary/aromatic N) is 7. The summed E-state index contributed by atoms with van der Waals surface area (Å²) in [5.74, 6) is 0.151. The van der Waals surface area contributed by atoms with Crippen LogP contribution in [0.1, 0.15) is 43.9 Å². The van der Waals surface area contributed by atoms with E-state index < -0.39 is 5.60 Å². The van der Waals surface area contributed by atoms with Gasteiger partial charge in [-0.25, -0.2) is 15.0 Å². The van der Waals surface area contributed by atoms with Gasteiger partial charge in [0, 0.05) is 66.2 Å². The fraction of sp³-hybridized carbons (Fsp3) is 0.310. The van der Waals surface area contributed by atoms with E-state index in [1.807, 2.05) is 30.3 Å². The number of pyridine rings is 2. The summed E-state index contributed by atoms with van der Waals surface area (Å²) in [6.45, 7) is 3.74. The van der Waals surface area contributed by atoms with E-state index in [1.165, 1.54) is 6.42 Å². The summed E-state index contributed by atoms with van der Waals surface area (Å²) in [5, 5.41) is 16.9. The zero-order valence-corrected chi connectivity index (χ0v) is 22.3. The molecule has 0 saturated carbocycles. The fourth-order valence-corrected chi connectivity index (χ4v) is 5.33. The molecule has 5 aromatic rings. The van der Waals surface area contributed by atoms with Crippen molar-refractivity contribution in [2.45, 2.75) is 44.8 Å². The molecule has 0 bridgehead atoms. The number of carbonyl (C=O) groups is 1. The Kier molecular flexibility index (Phi) is 6.72. The maximum Gasteiger partial charge on any atom is 0.244 e. The van der Waals surface area contributed by atoms with Crippen LogP contribution in [0, 0.1) is 0 Å². The van der Waals surface area contributed by atoms with E-state index in [0.717, 1.165) is 48.0 Å². The third kappa shape index (κ3) is 4.79. The number of rotatable bonds is 7. The Bertz CT molecular complexity index is 1660. The lowest BCUT2D eigenvalue weighted by Crippen LogP contribution is -2.37. The van der Waals surface area contributed by atoms with Gasteiger partial charge in [0.1, 0.15) is 17.8 Å². The smallest absolute Gasteiger partial charge is 0.244 e. The molecule has 1 saturated heterocycles. The van der Waals surface area contributed by atoms with Crippen molar-refractivity contribution < 1.29 is 9.90 Å². The molecule has 6 heterocycles. The average molecular weight is 538 g/mol. The number of nitrogens with two attached hydrogens (primary N) is 1. The molecular weight excluding hydrogens is 506 g/mol. The van der Waals surface area contributed by atoms with E-state index in [-0.39, 0.29) is 18.4 Å². The highest BCUT2D eigenvalue weighted by molar-refractivity contribution is 5.95. The first kappa shape index (κ1) is 25.6. The minimum atomic E-state index is -1.36. The van der Waals surface area contributed by atoms with Crippen molar-refractivity contribution >= 4 is 22.9 Å². The van der Waals surface area contributed by atoms with Crippen molar-refractivity contribution in [3.63, 3.8) is 0 Å². The number of aromatic nitrogens is 7. The van der Waals surface area contributed by atoms with Crippen molar-refractivity contribution in [1.82, 2.24) is 39.6 Å². The molecule has 1 unspecified atom stereocenters. The molecule has 0 aromatic carbocycles. The number of aliphatic hydroxyl groups is 1. The quantitative estimate of drug-likeness (QED) is 0.285. The van der Waals surface area contributed by atoms with Gasteiger partial charge in [0.15, 0.2) is 0 Å². The minimum absolute atomic E-state index is 0.0616. The normalized spacial score (nSPS) is 15.3. The first-order valence-corrected chi connectivity index (χ1v) is 13.5. The number of likely N-dealkylation sites (tertiary alicyclic amines) is 1. The third-order valence-electron chi connectivity index (χ3n) is 7.62. The molecule has 5 aromatic heterocycles. The molecule has 11 nitrogen and oxygen atoms in total. The summed E-state index contributed by atoms with van der Waals surface area (Å²) in [5.41, 5.74) is 9.61. The van der Waals surface area contributed by atoms with Crippen LogP contribution >= 0.6 is 0 Å². The van der Waals surface area contributed by atoms with Crippen molar-refractivity contribution in [1.29, 1.82) is 0 Å². The Hall–Kier alpha value is -4.64. The second-order valence-electron chi connectivity index (χ2n) is 10.1. The number of amides is 1. The van der Waals surface area contributed by atoms with Crippen LogP contribution in [0.5, 0.6) is 0 Å². The van der Waals surface area contributed by atoms with Gasteiger partial charge in [-0.05, 0) is 55.5 Å². The highest BCUT2D eigenvalue weighted by Gasteiger charge is 2.32. The highest BCUT2D eigenvalue weighted by atomic mass is 16.3. The summed E-state index contributed by atoms with van der Waals surface area (Å²) in [4.78, 5) is 35.4. The minimum Gasteiger partial charge on any atom is -0.379 e. The Morgan fingerprint density at radius 2 is 1.90 bits per heavy atom. The van der Waals surface area contributed by atoms with Crippen LogP contribution in [0.15, 0.2) is 61.4 Å².